The van der Waals surface area contributed by atoms with E-state index in [0.717, 1.165) is 12.1 Å². The maximum Gasteiger partial charge on any atom is 0.416 e. The molecular weight excluding hydrogens is 279 g/mol. The molecule has 1 aromatic rings. The molecular formula is C16H22F3NO. The Morgan fingerprint density at radius 1 is 1.10 bits per heavy atom. The van der Waals surface area contributed by atoms with Gasteiger partial charge in [0, 0.05) is 18.2 Å². The summed E-state index contributed by atoms with van der Waals surface area (Å²) in [4.78, 5) is 13.9. The van der Waals surface area contributed by atoms with E-state index in [1.807, 2.05) is 20.8 Å². The van der Waals surface area contributed by atoms with Crippen molar-refractivity contribution in [3.63, 3.8) is 0 Å². The Labute approximate surface area is 123 Å². The molecule has 0 radical (unpaired) electrons. The number of hydrogen-bond donors (Lipinski definition) is 0. The molecule has 1 aromatic carbocycles. The van der Waals surface area contributed by atoms with Crippen molar-refractivity contribution >= 4 is 5.91 Å². The van der Waals surface area contributed by atoms with Crippen LogP contribution in [0.2, 0.25) is 0 Å². The van der Waals surface area contributed by atoms with Crippen LogP contribution in [0, 0.1) is 0 Å². The van der Waals surface area contributed by atoms with Crippen LogP contribution in [-0.2, 0) is 6.18 Å². The van der Waals surface area contributed by atoms with Crippen LogP contribution in [0.4, 0.5) is 13.2 Å². The van der Waals surface area contributed by atoms with E-state index in [9.17, 15) is 18.0 Å². The lowest BCUT2D eigenvalue weighted by atomic mass is 9.96. The Morgan fingerprint density at radius 2 is 1.62 bits per heavy atom. The van der Waals surface area contributed by atoms with Crippen LogP contribution >= 0.6 is 0 Å². The van der Waals surface area contributed by atoms with Crippen LogP contribution in [0.25, 0.3) is 0 Å². The minimum absolute atomic E-state index is 0.0750. The molecule has 5 heteroatoms. The normalized spacial score (nSPS) is 12.7. The van der Waals surface area contributed by atoms with E-state index in [2.05, 4.69) is 0 Å². The van der Waals surface area contributed by atoms with Crippen LogP contribution in [0.1, 0.15) is 62.0 Å². The molecule has 0 aliphatic rings. The van der Waals surface area contributed by atoms with Crippen LogP contribution in [0.5, 0.6) is 0 Å². The summed E-state index contributed by atoms with van der Waals surface area (Å²) >= 11 is 0. The van der Waals surface area contributed by atoms with Crippen molar-refractivity contribution in [1.29, 1.82) is 0 Å². The van der Waals surface area contributed by atoms with Crippen molar-refractivity contribution in [2.24, 2.45) is 0 Å². The fraction of sp³-hybridized carbons (Fsp3) is 0.562. The monoisotopic (exact) mass is 301 g/mol. The number of amides is 1. The first kappa shape index (κ1) is 17.5. The van der Waals surface area contributed by atoms with E-state index in [1.165, 1.54) is 4.90 Å². The summed E-state index contributed by atoms with van der Waals surface area (Å²) in [6.45, 7) is 9.11. The minimum Gasteiger partial charge on any atom is -0.337 e. The van der Waals surface area contributed by atoms with E-state index in [4.69, 9.17) is 0 Å². The summed E-state index contributed by atoms with van der Waals surface area (Å²) in [6.07, 6.45) is -4.46. The van der Waals surface area contributed by atoms with Crippen LogP contribution < -0.4 is 0 Å². The third-order valence-electron chi connectivity index (χ3n) is 3.51. The molecule has 0 N–H and O–H groups in total. The molecule has 0 bridgehead atoms. The highest BCUT2D eigenvalue weighted by molar-refractivity contribution is 5.95. The predicted octanol–water partition coefficient (Wildman–Crippen LogP) is 4.70. The molecule has 1 amide bonds. The number of benzene rings is 1. The highest BCUT2D eigenvalue weighted by atomic mass is 19.4. The zero-order valence-corrected chi connectivity index (χ0v) is 13.3. The first-order chi connectivity index (χ1) is 9.34. The summed E-state index contributed by atoms with van der Waals surface area (Å²) in [5.41, 5.74) is -0.649. The Kier molecular flexibility index (Phi) is 4.76. The summed E-state index contributed by atoms with van der Waals surface area (Å²) in [6, 6.07) is 3.58. The first-order valence-electron chi connectivity index (χ1n) is 6.84. The summed E-state index contributed by atoms with van der Waals surface area (Å²) in [5, 5.41) is 0. The van der Waals surface area contributed by atoms with Gasteiger partial charge in [0.05, 0.1) is 5.56 Å². The molecule has 0 heterocycles. The molecule has 0 saturated carbocycles. The summed E-state index contributed by atoms with van der Waals surface area (Å²) in [7, 11) is 1.59. The second-order valence-electron chi connectivity index (χ2n) is 6.53. The van der Waals surface area contributed by atoms with Gasteiger partial charge in [-0.25, -0.2) is 0 Å². The van der Waals surface area contributed by atoms with Crippen molar-refractivity contribution in [2.45, 2.75) is 52.3 Å². The number of nitrogens with zero attached hydrogens (tertiary/aromatic N) is 1. The van der Waals surface area contributed by atoms with Gasteiger partial charge in [0.1, 0.15) is 0 Å². The lowest BCUT2D eigenvalue weighted by Gasteiger charge is -2.32. The third kappa shape index (κ3) is 4.22. The van der Waals surface area contributed by atoms with Gasteiger partial charge >= 0.3 is 6.18 Å². The minimum atomic E-state index is -4.46. The van der Waals surface area contributed by atoms with Gasteiger partial charge in [-0.05, 0) is 50.5 Å². The highest BCUT2D eigenvalue weighted by Gasteiger charge is 2.33. The van der Waals surface area contributed by atoms with Crippen LogP contribution in [0.15, 0.2) is 18.2 Å². The van der Waals surface area contributed by atoms with Crippen LogP contribution in [-0.4, -0.2) is 23.4 Å². The van der Waals surface area contributed by atoms with Crippen molar-refractivity contribution in [2.75, 3.05) is 7.05 Å². The molecule has 2 nitrogen and oxygen atoms in total. The average molecular weight is 301 g/mol. The Morgan fingerprint density at radius 3 is 2.00 bits per heavy atom. The highest BCUT2D eigenvalue weighted by Crippen LogP contribution is 2.33. The molecule has 118 valence electrons. The molecule has 21 heavy (non-hydrogen) atoms. The lowest BCUT2D eigenvalue weighted by Crippen LogP contribution is -2.42. The molecule has 0 aliphatic carbocycles. The SMILES string of the molecule is CC(C)c1cc(C(=O)N(C)C(C)(C)C)cc(C(F)(F)F)c1. The predicted molar refractivity (Wildman–Crippen MR) is 77.4 cm³/mol. The van der Waals surface area contributed by atoms with Crippen molar-refractivity contribution in [3.8, 4) is 0 Å². The van der Waals surface area contributed by atoms with Gasteiger partial charge in [-0.1, -0.05) is 13.8 Å². The van der Waals surface area contributed by atoms with E-state index < -0.39 is 23.2 Å². The van der Waals surface area contributed by atoms with E-state index in [-0.39, 0.29) is 11.5 Å². The zero-order chi connectivity index (χ0) is 16.6. The molecule has 0 unspecified atom stereocenters. The Balaban J connectivity index is 3.36. The Hall–Kier alpha value is -1.52. The van der Waals surface area contributed by atoms with Gasteiger partial charge < -0.3 is 4.90 Å². The van der Waals surface area contributed by atoms with Crippen molar-refractivity contribution in [1.82, 2.24) is 4.90 Å². The molecule has 0 spiro atoms. The van der Waals surface area contributed by atoms with Gasteiger partial charge in [0.15, 0.2) is 0 Å². The average Bonchev–Trinajstić information content (AvgIpc) is 2.34. The fourth-order valence-corrected chi connectivity index (χ4v) is 1.77. The van der Waals surface area contributed by atoms with Gasteiger partial charge in [0.25, 0.3) is 5.91 Å². The molecule has 0 aliphatic heterocycles. The molecule has 0 fully saturated rings. The van der Waals surface area contributed by atoms with E-state index >= 15 is 0 Å². The van der Waals surface area contributed by atoms with E-state index in [1.54, 1.807) is 27.0 Å². The number of halogens is 3. The van der Waals surface area contributed by atoms with Crippen molar-refractivity contribution in [3.05, 3.63) is 34.9 Å². The van der Waals surface area contributed by atoms with E-state index in [0.29, 0.717) is 5.56 Å². The number of hydrogen-bond acceptors (Lipinski definition) is 1. The third-order valence-corrected chi connectivity index (χ3v) is 3.51. The van der Waals surface area contributed by atoms with Crippen LogP contribution in [0.3, 0.4) is 0 Å². The zero-order valence-electron chi connectivity index (χ0n) is 13.3. The number of carbonyl (C=O) groups excluding carboxylic acids is 1. The second kappa shape index (κ2) is 5.70. The second-order valence-corrected chi connectivity index (χ2v) is 6.53. The number of rotatable bonds is 2. The van der Waals surface area contributed by atoms with Gasteiger partial charge in [-0.15, -0.1) is 0 Å². The van der Waals surface area contributed by atoms with Gasteiger partial charge in [-0.3, -0.25) is 4.79 Å². The molecule has 1 rings (SSSR count). The fourth-order valence-electron chi connectivity index (χ4n) is 1.77. The maximum absolute atomic E-state index is 13.0. The summed E-state index contributed by atoms with van der Waals surface area (Å²) in [5.74, 6) is -0.491. The topological polar surface area (TPSA) is 20.3 Å². The quantitative estimate of drug-likeness (QED) is 0.775. The Bertz CT molecular complexity index is 527. The lowest BCUT2D eigenvalue weighted by molar-refractivity contribution is -0.137. The maximum atomic E-state index is 13.0. The van der Waals surface area contributed by atoms with Crippen molar-refractivity contribution < 1.29 is 18.0 Å². The molecule has 0 aromatic heterocycles. The molecule has 0 atom stereocenters. The number of alkyl halides is 3. The van der Waals surface area contributed by atoms with Gasteiger partial charge in [0.2, 0.25) is 0 Å². The standard InChI is InChI=1S/C16H22F3NO/c1-10(2)11-7-12(9-13(8-11)16(17,18)19)14(21)20(6)15(3,4)5/h7-10H,1-6H3. The smallest absolute Gasteiger partial charge is 0.337 e. The molecule has 0 saturated heterocycles. The number of carbonyl (C=O) groups is 1. The first-order valence-corrected chi connectivity index (χ1v) is 6.84. The van der Waals surface area contributed by atoms with Gasteiger partial charge in [-0.2, -0.15) is 13.2 Å². The summed E-state index contributed by atoms with van der Waals surface area (Å²) < 4.78 is 39.0. The largest absolute Gasteiger partial charge is 0.416 e.